The maximum absolute atomic E-state index is 9.28. The number of fused-ring (bicyclic) bond motifs is 1. The molecule has 1 N–H and O–H groups in total. The highest BCUT2D eigenvalue weighted by Gasteiger charge is 2.07. The molecule has 3 aromatic rings. The standard InChI is InChI=1S/C13H9BrN2O/c14-12-3-1-2-9-8-15-16(13(9)12)10-4-6-11(17)7-5-10/h1-8,17H. The van der Waals surface area contributed by atoms with Crippen molar-refractivity contribution in [3.63, 3.8) is 0 Å². The molecule has 2 aromatic carbocycles. The molecule has 0 aliphatic rings. The fraction of sp³-hybridized carbons (Fsp3) is 0. The van der Waals surface area contributed by atoms with Crippen molar-refractivity contribution in [1.82, 2.24) is 9.78 Å². The van der Waals surface area contributed by atoms with E-state index in [1.54, 1.807) is 12.1 Å². The lowest BCUT2D eigenvalue weighted by Gasteiger charge is -2.04. The Morgan fingerprint density at radius 3 is 2.59 bits per heavy atom. The van der Waals surface area contributed by atoms with E-state index in [1.807, 2.05) is 41.2 Å². The van der Waals surface area contributed by atoms with E-state index in [9.17, 15) is 5.11 Å². The fourth-order valence-electron chi connectivity index (χ4n) is 1.83. The van der Waals surface area contributed by atoms with Gasteiger partial charge in [-0.25, -0.2) is 4.68 Å². The van der Waals surface area contributed by atoms with Crippen LogP contribution in [0.5, 0.6) is 5.75 Å². The summed E-state index contributed by atoms with van der Waals surface area (Å²) in [6.07, 6.45) is 1.83. The minimum Gasteiger partial charge on any atom is -0.508 e. The Morgan fingerprint density at radius 1 is 1.06 bits per heavy atom. The van der Waals surface area contributed by atoms with Crippen molar-refractivity contribution in [2.45, 2.75) is 0 Å². The summed E-state index contributed by atoms with van der Waals surface area (Å²) in [5, 5.41) is 14.7. The second-order valence-electron chi connectivity index (χ2n) is 3.75. The van der Waals surface area contributed by atoms with Gasteiger partial charge in [-0.1, -0.05) is 12.1 Å². The van der Waals surface area contributed by atoms with Crippen molar-refractivity contribution in [2.75, 3.05) is 0 Å². The summed E-state index contributed by atoms with van der Waals surface area (Å²) in [6.45, 7) is 0. The highest BCUT2D eigenvalue weighted by atomic mass is 79.9. The number of aromatic hydroxyl groups is 1. The van der Waals surface area contributed by atoms with E-state index in [0.717, 1.165) is 21.1 Å². The zero-order chi connectivity index (χ0) is 11.8. The molecule has 4 heteroatoms. The van der Waals surface area contributed by atoms with E-state index in [2.05, 4.69) is 21.0 Å². The predicted molar refractivity (Wildman–Crippen MR) is 70.4 cm³/mol. The molecule has 0 radical (unpaired) electrons. The molecule has 1 heterocycles. The average molecular weight is 289 g/mol. The lowest BCUT2D eigenvalue weighted by atomic mass is 10.2. The van der Waals surface area contributed by atoms with Gasteiger partial charge in [0.05, 0.1) is 17.4 Å². The van der Waals surface area contributed by atoms with Gasteiger partial charge in [0.1, 0.15) is 5.75 Å². The Balaban J connectivity index is 2.27. The number of phenols is 1. The lowest BCUT2D eigenvalue weighted by Crippen LogP contribution is -1.95. The lowest BCUT2D eigenvalue weighted by molar-refractivity contribution is 0.475. The van der Waals surface area contributed by atoms with Crippen LogP contribution >= 0.6 is 15.9 Å². The van der Waals surface area contributed by atoms with E-state index in [0.29, 0.717) is 0 Å². The van der Waals surface area contributed by atoms with Crippen LogP contribution in [0, 0.1) is 0 Å². The molecule has 0 fully saturated rings. The van der Waals surface area contributed by atoms with Gasteiger partial charge >= 0.3 is 0 Å². The molecule has 0 unspecified atom stereocenters. The number of phenolic OH excluding ortho intramolecular Hbond substituents is 1. The minimum absolute atomic E-state index is 0.254. The number of halogens is 1. The van der Waals surface area contributed by atoms with Crippen molar-refractivity contribution in [3.05, 3.63) is 53.1 Å². The van der Waals surface area contributed by atoms with Gasteiger partial charge in [-0.3, -0.25) is 0 Å². The van der Waals surface area contributed by atoms with Gasteiger partial charge in [0.15, 0.2) is 0 Å². The maximum Gasteiger partial charge on any atom is 0.115 e. The molecular formula is C13H9BrN2O. The molecule has 84 valence electrons. The molecule has 0 saturated carbocycles. The van der Waals surface area contributed by atoms with Crippen LogP contribution < -0.4 is 0 Å². The molecule has 0 aliphatic heterocycles. The van der Waals surface area contributed by atoms with Crippen LogP contribution in [-0.2, 0) is 0 Å². The fourth-order valence-corrected chi connectivity index (χ4v) is 2.38. The summed E-state index contributed by atoms with van der Waals surface area (Å²) in [5.74, 6) is 0.254. The Morgan fingerprint density at radius 2 is 1.82 bits per heavy atom. The van der Waals surface area contributed by atoms with Gasteiger partial charge in [-0.2, -0.15) is 5.10 Å². The molecule has 0 bridgehead atoms. The van der Waals surface area contributed by atoms with Gasteiger partial charge in [-0.05, 0) is 46.3 Å². The maximum atomic E-state index is 9.28. The summed E-state index contributed by atoms with van der Waals surface area (Å²) < 4.78 is 2.85. The number of hydrogen-bond acceptors (Lipinski definition) is 2. The predicted octanol–water partition coefficient (Wildman–Crippen LogP) is 3.49. The van der Waals surface area contributed by atoms with Gasteiger partial charge in [0, 0.05) is 9.86 Å². The van der Waals surface area contributed by atoms with E-state index in [-0.39, 0.29) is 5.75 Å². The first kappa shape index (κ1) is 10.4. The molecule has 0 amide bonds. The molecule has 3 rings (SSSR count). The zero-order valence-corrected chi connectivity index (χ0v) is 10.4. The summed E-state index contributed by atoms with van der Waals surface area (Å²) in [4.78, 5) is 0. The van der Waals surface area contributed by atoms with E-state index >= 15 is 0 Å². The first-order valence-corrected chi connectivity index (χ1v) is 5.97. The Kier molecular flexibility index (Phi) is 2.37. The quantitative estimate of drug-likeness (QED) is 0.744. The number of rotatable bonds is 1. The van der Waals surface area contributed by atoms with E-state index in [1.165, 1.54) is 0 Å². The third kappa shape index (κ3) is 1.70. The van der Waals surface area contributed by atoms with Crippen LogP contribution in [-0.4, -0.2) is 14.9 Å². The van der Waals surface area contributed by atoms with Crippen molar-refractivity contribution in [2.24, 2.45) is 0 Å². The number of aromatic nitrogens is 2. The first-order chi connectivity index (χ1) is 8.25. The molecule has 0 aliphatic carbocycles. The topological polar surface area (TPSA) is 38.0 Å². The largest absolute Gasteiger partial charge is 0.508 e. The summed E-state index contributed by atoms with van der Waals surface area (Å²) >= 11 is 3.53. The van der Waals surface area contributed by atoms with Crippen molar-refractivity contribution in [3.8, 4) is 11.4 Å². The average Bonchev–Trinajstić information content (AvgIpc) is 2.75. The second-order valence-corrected chi connectivity index (χ2v) is 4.60. The van der Waals surface area contributed by atoms with Crippen LogP contribution in [0.2, 0.25) is 0 Å². The van der Waals surface area contributed by atoms with Gasteiger partial charge in [0.2, 0.25) is 0 Å². The molecule has 0 spiro atoms. The number of nitrogens with zero attached hydrogens (tertiary/aromatic N) is 2. The Labute approximate surface area is 106 Å². The van der Waals surface area contributed by atoms with Crippen molar-refractivity contribution >= 4 is 26.8 Å². The van der Waals surface area contributed by atoms with Crippen LogP contribution in [0.4, 0.5) is 0 Å². The van der Waals surface area contributed by atoms with Gasteiger partial charge < -0.3 is 5.11 Å². The first-order valence-electron chi connectivity index (χ1n) is 5.17. The van der Waals surface area contributed by atoms with Gasteiger partial charge in [-0.15, -0.1) is 0 Å². The third-order valence-electron chi connectivity index (χ3n) is 2.64. The third-order valence-corrected chi connectivity index (χ3v) is 3.28. The number of hydrogen-bond donors (Lipinski definition) is 1. The van der Waals surface area contributed by atoms with E-state index in [4.69, 9.17) is 0 Å². The van der Waals surface area contributed by atoms with Crippen LogP contribution in [0.3, 0.4) is 0 Å². The molecular weight excluding hydrogens is 280 g/mol. The Hall–Kier alpha value is -1.81. The van der Waals surface area contributed by atoms with Crippen LogP contribution in [0.15, 0.2) is 53.1 Å². The monoisotopic (exact) mass is 288 g/mol. The SMILES string of the molecule is Oc1ccc(-n2ncc3cccc(Br)c32)cc1. The Bertz CT molecular complexity index is 673. The van der Waals surface area contributed by atoms with Crippen LogP contribution in [0.1, 0.15) is 0 Å². The minimum atomic E-state index is 0.254. The molecule has 3 nitrogen and oxygen atoms in total. The second kappa shape index (κ2) is 3.89. The zero-order valence-electron chi connectivity index (χ0n) is 8.84. The van der Waals surface area contributed by atoms with Crippen LogP contribution in [0.25, 0.3) is 16.6 Å². The van der Waals surface area contributed by atoms with E-state index < -0.39 is 0 Å². The van der Waals surface area contributed by atoms with Crippen molar-refractivity contribution < 1.29 is 5.11 Å². The number of para-hydroxylation sites is 1. The van der Waals surface area contributed by atoms with Crippen molar-refractivity contribution in [1.29, 1.82) is 0 Å². The highest BCUT2D eigenvalue weighted by molar-refractivity contribution is 9.10. The molecule has 0 atom stereocenters. The molecule has 1 aromatic heterocycles. The smallest absolute Gasteiger partial charge is 0.115 e. The normalized spacial score (nSPS) is 10.9. The molecule has 17 heavy (non-hydrogen) atoms. The highest BCUT2D eigenvalue weighted by Crippen LogP contribution is 2.26. The summed E-state index contributed by atoms with van der Waals surface area (Å²) in [6, 6.07) is 13.0. The number of benzene rings is 2. The summed E-state index contributed by atoms with van der Waals surface area (Å²) in [5.41, 5.74) is 1.95. The van der Waals surface area contributed by atoms with Gasteiger partial charge in [0.25, 0.3) is 0 Å². The summed E-state index contributed by atoms with van der Waals surface area (Å²) in [7, 11) is 0. The molecule has 0 saturated heterocycles.